The van der Waals surface area contributed by atoms with Crippen molar-refractivity contribution in [3.63, 3.8) is 0 Å². The summed E-state index contributed by atoms with van der Waals surface area (Å²) in [6.45, 7) is 4.80. The van der Waals surface area contributed by atoms with Crippen molar-refractivity contribution in [1.29, 1.82) is 0 Å². The molecule has 2 bridgehead atoms. The fourth-order valence-corrected chi connectivity index (χ4v) is 5.92. The second kappa shape index (κ2) is 7.77. The van der Waals surface area contributed by atoms with Crippen LogP contribution in [0, 0.1) is 19.3 Å². The maximum Gasteiger partial charge on any atom is 0.394 e. The van der Waals surface area contributed by atoms with E-state index in [2.05, 4.69) is 15.1 Å². The lowest BCUT2D eigenvalue weighted by atomic mass is 9.33. The molecule has 1 atom stereocenters. The van der Waals surface area contributed by atoms with Crippen LogP contribution in [-0.2, 0) is 10.2 Å². The van der Waals surface area contributed by atoms with Crippen LogP contribution in [0.3, 0.4) is 0 Å². The number of halogens is 3. The Hall–Kier alpha value is -2.95. The predicted molar refractivity (Wildman–Crippen MR) is 128 cm³/mol. The molecule has 0 unspecified atom stereocenters. The molecule has 2 aromatic rings. The smallest absolute Gasteiger partial charge is 0.394 e. The number of aliphatic imine (C=N–C) groups is 1. The number of ether oxygens (including phenoxy) is 1. The molecule has 4 saturated carbocycles. The molecule has 1 saturated heterocycles. The Morgan fingerprint density at radius 1 is 1.28 bits per heavy atom. The molecule has 5 fully saturated rings. The van der Waals surface area contributed by atoms with Crippen molar-refractivity contribution < 1.29 is 17.9 Å². The molecule has 0 radical (unpaired) electrons. The van der Waals surface area contributed by atoms with Gasteiger partial charge in [-0.1, -0.05) is 0 Å². The molecule has 5 aliphatic rings. The summed E-state index contributed by atoms with van der Waals surface area (Å²) < 4.78 is 48.1. The monoisotopic (exact) mass is 502 g/mol. The lowest BCUT2D eigenvalue weighted by Crippen LogP contribution is -2.70. The van der Waals surface area contributed by atoms with Crippen LogP contribution >= 0.6 is 0 Å². The van der Waals surface area contributed by atoms with Gasteiger partial charge in [0.15, 0.2) is 5.65 Å². The molecule has 0 aromatic carbocycles. The average Bonchev–Trinajstić information content (AvgIpc) is 3.60. The molecule has 11 heteroatoms. The van der Waals surface area contributed by atoms with Gasteiger partial charge in [0.1, 0.15) is 11.9 Å². The van der Waals surface area contributed by atoms with E-state index >= 15 is 0 Å². The lowest BCUT2D eigenvalue weighted by Gasteiger charge is -2.70. The van der Waals surface area contributed by atoms with Crippen molar-refractivity contribution >= 4 is 17.7 Å². The van der Waals surface area contributed by atoms with Gasteiger partial charge in [-0.3, -0.25) is 9.79 Å². The van der Waals surface area contributed by atoms with Gasteiger partial charge in [0.05, 0.1) is 24.6 Å². The van der Waals surface area contributed by atoms with Gasteiger partial charge in [0.25, 0.3) is 5.56 Å². The maximum atomic E-state index is 13.6. The second-order valence-corrected chi connectivity index (χ2v) is 10.8. The molecule has 3 heterocycles. The third-order valence-corrected chi connectivity index (χ3v) is 8.39. The molecule has 1 aliphatic heterocycles. The minimum absolute atomic E-state index is 0.0227. The van der Waals surface area contributed by atoms with Crippen molar-refractivity contribution in [3.8, 4) is 0 Å². The summed E-state index contributed by atoms with van der Waals surface area (Å²) in [7, 11) is 0. The van der Waals surface area contributed by atoms with Gasteiger partial charge in [0.2, 0.25) is 0 Å². The maximum absolute atomic E-state index is 13.6. The van der Waals surface area contributed by atoms with Crippen molar-refractivity contribution in [2.45, 2.75) is 69.7 Å². The topological polar surface area (TPSA) is 98.1 Å². The zero-order valence-corrected chi connectivity index (χ0v) is 20.3. The first kappa shape index (κ1) is 23.4. The Morgan fingerprint density at radius 2 is 2.00 bits per heavy atom. The number of morpholine rings is 1. The molecule has 4 aliphatic carbocycles. The minimum Gasteiger partial charge on any atom is -0.404 e. The molecular formula is C25H29F3N6O2. The Balaban J connectivity index is 1.38. The highest BCUT2D eigenvalue weighted by atomic mass is 19.4. The number of rotatable bonds is 5. The molecule has 2 N–H and O–H groups in total. The van der Waals surface area contributed by atoms with Gasteiger partial charge in [-0.2, -0.15) is 17.7 Å². The average molecular weight is 503 g/mol. The van der Waals surface area contributed by atoms with Crippen molar-refractivity contribution in [1.82, 2.24) is 14.6 Å². The number of hydrogen-bond donors (Lipinski definition) is 1. The van der Waals surface area contributed by atoms with E-state index in [-0.39, 0.29) is 30.9 Å². The molecule has 2 aromatic heterocycles. The van der Waals surface area contributed by atoms with Crippen LogP contribution in [0.15, 0.2) is 27.6 Å². The van der Waals surface area contributed by atoms with Crippen LogP contribution in [0.5, 0.6) is 0 Å². The second-order valence-electron chi connectivity index (χ2n) is 10.8. The van der Waals surface area contributed by atoms with E-state index in [4.69, 9.17) is 10.5 Å². The third kappa shape index (κ3) is 3.46. The largest absolute Gasteiger partial charge is 0.404 e. The van der Waals surface area contributed by atoms with E-state index in [1.54, 1.807) is 20.1 Å². The van der Waals surface area contributed by atoms with Gasteiger partial charge >= 0.3 is 6.18 Å². The summed E-state index contributed by atoms with van der Waals surface area (Å²) in [4.78, 5) is 24.3. The molecule has 192 valence electrons. The first-order chi connectivity index (χ1) is 17.1. The Morgan fingerprint density at radius 3 is 2.64 bits per heavy atom. The van der Waals surface area contributed by atoms with Gasteiger partial charge in [-0.15, -0.1) is 5.10 Å². The highest BCUT2D eigenvalue weighted by molar-refractivity contribution is 5.80. The lowest BCUT2D eigenvalue weighted by molar-refractivity contribution is -0.336. The standard InChI is InChI=1S/C25H29F3N6O2/c1-14-15(2)31-21-18(23-11-24(12-23,13-23)25(26,27)28)7-20(32-34(21)22(14)35)33-5-6-36-19(10-33)16(8-29)9-30-17-3-4-17/h7-9,17,19H,3-6,10-13,29H2,1-2H3/b16-8+,30-9?/t19-,23?,24?/m1/s1. The number of nitrogens with zero attached hydrogens (tertiary/aromatic N) is 5. The van der Waals surface area contributed by atoms with E-state index in [0.717, 1.165) is 18.4 Å². The number of fused-ring (bicyclic) bond motifs is 1. The first-order valence-corrected chi connectivity index (χ1v) is 12.4. The van der Waals surface area contributed by atoms with Gasteiger partial charge in [0, 0.05) is 46.8 Å². The number of nitrogens with two attached hydrogens (primary N) is 1. The van der Waals surface area contributed by atoms with Crippen LogP contribution in [-0.4, -0.2) is 58.8 Å². The molecule has 0 amide bonds. The van der Waals surface area contributed by atoms with Crippen LogP contribution in [0.4, 0.5) is 19.0 Å². The Bertz CT molecular complexity index is 1340. The van der Waals surface area contributed by atoms with Crippen LogP contribution in [0.25, 0.3) is 5.65 Å². The molecule has 8 nitrogen and oxygen atoms in total. The molecule has 7 rings (SSSR count). The van der Waals surface area contributed by atoms with Crippen LogP contribution in [0.1, 0.15) is 48.9 Å². The highest BCUT2D eigenvalue weighted by Gasteiger charge is 2.79. The summed E-state index contributed by atoms with van der Waals surface area (Å²) in [5.74, 6) is 0.527. The number of hydrogen-bond acceptors (Lipinski definition) is 7. The van der Waals surface area contributed by atoms with Crippen molar-refractivity contribution in [2.75, 3.05) is 24.6 Å². The van der Waals surface area contributed by atoms with E-state index in [0.29, 0.717) is 54.0 Å². The van der Waals surface area contributed by atoms with E-state index in [1.165, 1.54) is 10.7 Å². The van der Waals surface area contributed by atoms with E-state index in [9.17, 15) is 18.0 Å². The zero-order valence-electron chi connectivity index (χ0n) is 20.3. The van der Waals surface area contributed by atoms with E-state index in [1.807, 2.05) is 11.0 Å². The van der Waals surface area contributed by atoms with Gasteiger partial charge < -0.3 is 15.4 Å². The number of alkyl halides is 3. The zero-order chi connectivity index (χ0) is 25.5. The fourth-order valence-electron chi connectivity index (χ4n) is 5.92. The normalized spacial score (nSPS) is 30.5. The highest BCUT2D eigenvalue weighted by Crippen LogP contribution is 2.78. The number of aromatic nitrogens is 3. The third-order valence-electron chi connectivity index (χ3n) is 8.39. The van der Waals surface area contributed by atoms with Crippen LogP contribution < -0.4 is 16.2 Å². The number of aryl methyl sites for hydroxylation is 1. The van der Waals surface area contributed by atoms with Gasteiger partial charge in [-0.05, 0) is 52.0 Å². The van der Waals surface area contributed by atoms with Crippen LogP contribution in [0.2, 0.25) is 0 Å². The summed E-state index contributed by atoms with van der Waals surface area (Å²) >= 11 is 0. The molecule has 0 spiro atoms. The van der Waals surface area contributed by atoms with Crippen molar-refractivity contribution in [2.24, 2.45) is 16.1 Å². The molecule has 36 heavy (non-hydrogen) atoms. The Labute approximate surface area is 206 Å². The fraction of sp³-hybridized carbons (Fsp3) is 0.600. The number of anilines is 1. The first-order valence-electron chi connectivity index (χ1n) is 12.4. The SMILES string of the molecule is Cc1nc2c(C34CC(C(F)(F)F)(C3)C4)cc(N3CCO[C@@H](/C(C=NC4CC4)=C/N)C3)nn2c(=O)c1C. The summed E-state index contributed by atoms with van der Waals surface area (Å²) in [6, 6.07) is 2.19. The predicted octanol–water partition coefficient (Wildman–Crippen LogP) is 2.97. The Kier molecular flexibility index (Phi) is 5.06. The summed E-state index contributed by atoms with van der Waals surface area (Å²) in [5.41, 5.74) is 6.14. The molecular weight excluding hydrogens is 473 g/mol. The van der Waals surface area contributed by atoms with Gasteiger partial charge in [-0.25, -0.2) is 4.98 Å². The summed E-state index contributed by atoms with van der Waals surface area (Å²) in [6.07, 6.45) is 0.941. The van der Waals surface area contributed by atoms with Crippen molar-refractivity contribution in [3.05, 3.63) is 45.0 Å². The quantitative estimate of drug-likeness (QED) is 0.632. The van der Waals surface area contributed by atoms with E-state index < -0.39 is 17.0 Å². The summed E-state index contributed by atoms with van der Waals surface area (Å²) in [5, 5.41) is 4.63. The minimum atomic E-state index is -4.22.